The van der Waals surface area contributed by atoms with E-state index in [2.05, 4.69) is 41.5 Å². The predicted octanol–water partition coefficient (Wildman–Crippen LogP) is 6.04. The Hall–Kier alpha value is -3.31. The van der Waals surface area contributed by atoms with E-state index in [0.717, 1.165) is 36.9 Å². The van der Waals surface area contributed by atoms with E-state index in [0.29, 0.717) is 36.1 Å². The van der Waals surface area contributed by atoms with Crippen LogP contribution < -0.4 is 5.32 Å². The highest BCUT2D eigenvalue weighted by atomic mass is 16.3. The first-order valence-corrected chi connectivity index (χ1v) is 13.0. The SMILES string of the molecule is CCC1(O)CCC2(Cc3ccccc3)c3ccc(C(=O)Nc4cccnc4C)cc3C(=O)CCC2C1. The highest BCUT2D eigenvalue weighted by Gasteiger charge is 2.51. The molecule has 3 atom stereocenters. The number of aromatic nitrogens is 1. The van der Waals surface area contributed by atoms with Crippen LogP contribution in [0, 0.1) is 12.8 Å². The van der Waals surface area contributed by atoms with E-state index in [1.165, 1.54) is 5.56 Å². The number of carbonyl (C=O) groups excluding carboxylic acids is 2. The Balaban J connectivity index is 1.57. The van der Waals surface area contributed by atoms with Crippen LogP contribution in [0.1, 0.15) is 83.0 Å². The molecule has 0 aliphatic heterocycles. The summed E-state index contributed by atoms with van der Waals surface area (Å²) >= 11 is 0. The maximum absolute atomic E-state index is 13.5. The molecule has 5 nitrogen and oxygen atoms in total. The van der Waals surface area contributed by atoms with Gasteiger partial charge < -0.3 is 10.4 Å². The monoisotopic (exact) mass is 482 g/mol. The summed E-state index contributed by atoms with van der Waals surface area (Å²) in [5.74, 6) is 0.0296. The second-order valence-electron chi connectivity index (χ2n) is 10.6. The minimum absolute atomic E-state index is 0.0825. The van der Waals surface area contributed by atoms with Gasteiger partial charge in [0.05, 0.1) is 17.0 Å². The van der Waals surface area contributed by atoms with E-state index < -0.39 is 5.60 Å². The fourth-order valence-corrected chi connectivity index (χ4v) is 6.36. The minimum atomic E-state index is -0.681. The number of hydrogen-bond acceptors (Lipinski definition) is 4. The zero-order chi connectivity index (χ0) is 25.3. The van der Waals surface area contributed by atoms with Crippen LogP contribution in [0.4, 0.5) is 5.69 Å². The van der Waals surface area contributed by atoms with Crippen molar-refractivity contribution in [3.8, 4) is 0 Å². The number of amides is 1. The van der Waals surface area contributed by atoms with E-state index in [9.17, 15) is 14.7 Å². The lowest BCUT2D eigenvalue weighted by molar-refractivity contribution is -0.0496. The maximum Gasteiger partial charge on any atom is 0.255 e. The number of hydrogen-bond donors (Lipinski definition) is 2. The molecule has 0 saturated heterocycles. The Bertz CT molecular complexity index is 1290. The summed E-state index contributed by atoms with van der Waals surface area (Å²) < 4.78 is 0. The molecule has 0 spiro atoms. The molecule has 0 bridgehead atoms. The van der Waals surface area contributed by atoms with Gasteiger partial charge in [-0.25, -0.2) is 0 Å². The van der Waals surface area contributed by atoms with Gasteiger partial charge in [0.2, 0.25) is 0 Å². The molecule has 2 aliphatic rings. The van der Waals surface area contributed by atoms with Crippen molar-refractivity contribution in [2.24, 2.45) is 5.92 Å². The molecule has 1 heterocycles. The Morgan fingerprint density at radius 1 is 1.11 bits per heavy atom. The Morgan fingerprint density at radius 3 is 2.67 bits per heavy atom. The Labute approximate surface area is 213 Å². The number of fused-ring (bicyclic) bond motifs is 3. The van der Waals surface area contributed by atoms with Gasteiger partial charge in [0.1, 0.15) is 0 Å². The largest absolute Gasteiger partial charge is 0.390 e. The molecule has 3 aromatic rings. The topological polar surface area (TPSA) is 79.3 Å². The number of pyridine rings is 1. The van der Waals surface area contributed by atoms with Gasteiger partial charge in [-0.15, -0.1) is 0 Å². The second kappa shape index (κ2) is 9.62. The highest BCUT2D eigenvalue weighted by Crippen LogP contribution is 2.54. The van der Waals surface area contributed by atoms with E-state index in [-0.39, 0.29) is 23.0 Å². The summed E-state index contributed by atoms with van der Waals surface area (Å²) in [7, 11) is 0. The highest BCUT2D eigenvalue weighted by molar-refractivity contribution is 6.07. The van der Waals surface area contributed by atoms with Crippen LogP contribution in [0.25, 0.3) is 0 Å². The number of carbonyl (C=O) groups is 2. The summed E-state index contributed by atoms with van der Waals surface area (Å²) in [5.41, 5.74) is 3.87. The number of rotatable bonds is 5. The van der Waals surface area contributed by atoms with Gasteiger partial charge in [-0.05, 0) is 86.8 Å². The van der Waals surface area contributed by atoms with Crippen LogP contribution in [0.15, 0.2) is 66.9 Å². The van der Waals surface area contributed by atoms with Crippen molar-refractivity contribution in [3.63, 3.8) is 0 Å². The summed E-state index contributed by atoms with van der Waals surface area (Å²) in [5, 5.41) is 14.2. The molecule has 0 radical (unpaired) electrons. The standard InChI is InChI=1S/C31H34N2O3/c1-3-30(36)15-16-31(19-22-8-5-4-6-9-22)24(20-30)12-14-28(34)25-18-23(11-13-26(25)31)29(35)33-27-10-7-17-32-21(27)2/h4-11,13,17-18,24,36H,3,12,14-16,19-20H2,1-2H3,(H,33,35). The fraction of sp³-hybridized carbons (Fsp3) is 0.387. The van der Waals surface area contributed by atoms with Gasteiger partial charge in [-0.2, -0.15) is 0 Å². The number of ketones is 1. The normalized spacial score (nSPS) is 25.4. The van der Waals surface area contributed by atoms with Crippen LogP contribution in [-0.4, -0.2) is 27.4 Å². The molecule has 1 saturated carbocycles. The second-order valence-corrected chi connectivity index (χ2v) is 10.6. The van der Waals surface area contributed by atoms with E-state index in [1.807, 2.05) is 31.2 Å². The molecule has 2 N–H and O–H groups in total. The maximum atomic E-state index is 13.5. The molecule has 1 amide bonds. The zero-order valence-corrected chi connectivity index (χ0v) is 21.1. The van der Waals surface area contributed by atoms with E-state index >= 15 is 0 Å². The quantitative estimate of drug-likeness (QED) is 0.465. The van der Waals surface area contributed by atoms with Gasteiger partial charge in [-0.1, -0.05) is 43.3 Å². The molecule has 3 unspecified atom stereocenters. The third-order valence-corrected chi connectivity index (χ3v) is 8.56. The van der Waals surface area contributed by atoms with E-state index in [4.69, 9.17) is 0 Å². The molecular weight excluding hydrogens is 448 g/mol. The first kappa shape index (κ1) is 24.4. The average Bonchev–Trinajstić information content (AvgIpc) is 3.00. The summed E-state index contributed by atoms with van der Waals surface area (Å²) in [6, 6.07) is 19.7. The molecule has 5 rings (SSSR count). The first-order chi connectivity index (χ1) is 17.3. The lowest BCUT2D eigenvalue weighted by atomic mass is 9.55. The molecule has 186 valence electrons. The summed E-state index contributed by atoms with van der Waals surface area (Å²) in [4.78, 5) is 30.8. The number of nitrogens with one attached hydrogen (secondary N) is 1. The van der Waals surface area contributed by atoms with E-state index in [1.54, 1.807) is 18.3 Å². The zero-order valence-electron chi connectivity index (χ0n) is 21.1. The smallest absolute Gasteiger partial charge is 0.255 e. The van der Waals surface area contributed by atoms with Crippen molar-refractivity contribution in [3.05, 3.63) is 94.8 Å². The number of nitrogens with zero attached hydrogens (tertiary/aromatic N) is 1. The number of anilines is 1. The van der Waals surface area contributed by atoms with Gasteiger partial charge >= 0.3 is 0 Å². The first-order valence-electron chi connectivity index (χ1n) is 13.0. The molecule has 2 aromatic carbocycles. The van der Waals surface area contributed by atoms with Crippen molar-refractivity contribution in [2.45, 2.75) is 69.8 Å². The lowest BCUT2D eigenvalue weighted by Gasteiger charge is -2.50. The van der Waals surface area contributed by atoms with Crippen molar-refractivity contribution in [2.75, 3.05) is 5.32 Å². The van der Waals surface area contributed by atoms with Crippen LogP contribution in [0.2, 0.25) is 0 Å². The predicted molar refractivity (Wildman–Crippen MR) is 141 cm³/mol. The van der Waals surface area contributed by atoms with Crippen molar-refractivity contribution >= 4 is 17.4 Å². The van der Waals surface area contributed by atoms with Crippen molar-refractivity contribution < 1.29 is 14.7 Å². The Morgan fingerprint density at radius 2 is 1.92 bits per heavy atom. The molecule has 5 heteroatoms. The van der Waals surface area contributed by atoms with Crippen LogP contribution in [0.5, 0.6) is 0 Å². The van der Waals surface area contributed by atoms with Crippen LogP contribution in [-0.2, 0) is 11.8 Å². The molecule has 1 fully saturated rings. The van der Waals surface area contributed by atoms with Crippen LogP contribution in [0.3, 0.4) is 0 Å². The third-order valence-electron chi connectivity index (χ3n) is 8.56. The number of aryl methyl sites for hydroxylation is 1. The summed E-state index contributed by atoms with van der Waals surface area (Å²) in [6.45, 7) is 3.90. The Kier molecular flexibility index (Phi) is 6.52. The third kappa shape index (κ3) is 4.48. The number of aliphatic hydroxyl groups is 1. The molecule has 1 aromatic heterocycles. The number of benzene rings is 2. The van der Waals surface area contributed by atoms with Gasteiger partial charge in [-0.3, -0.25) is 14.6 Å². The van der Waals surface area contributed by atoms with Gasteiger partial charge in [0.15, 0.2) is 5.78 Å². The minimum Gasteiger partial charge on any atom is -0.390 e. The molecular formula is C31H34N2O3. The van der Waals surface area contributed by atoms with Crippen molar-refractivity contribution in [1.82, 2.24) is 4.98 Å². The average molecular weight is 483 g/mol. The molecule has 36 heavy (non-hydrogen) atoms. The number of Topliss-reactive ketones (excluding diaryl/α,β-unsaturated/α-hetero) is 1. The van der Waals surface area contributed by atoms with Crippen molar-refractivity contribution in [1.29, 1.82) is 0 Å². The van der Waals surface area contributed by atoms with Gasteiger partial charge in [0, 0.05) is 29.2 Å². The van der Waals surface area contributed by atoms with Crippen LogP contribution >= 0.6 is 0 Å². The molecule has 2 aliphatic carbocycles. The summed E-state index contributed by atoms with van der Waals surface area (Å²) in [6.07, 6.45) is 6.64. The fourth-order valence-electron chi connectivity index (χ4n) is 6.36. The van der Waals surface area contributed by atoms with Gasteiger partial charge in [0.25, 0.3) is 5.91 Å². The lowest BCUT2D eigenvalue weighted by Crippen LogP contribution is -2.48.